The molecule has 0 aliphatic carbocycles. The number of methoxy groups -OCH3 is 1. The normalized spacial score (nSPS) is 19.8. The summed E-state index contributed by atoms with van der Waals surface area (Å²) in [5, 5.41) is 0. The van der Waals surface area contributed by atoms with Crippen LogP contribution in [0.4, 0.5) is 8.78 Å². The van der Waals surface area contributed by atoms with Crippen LogP contribution in [0.25, 0.3) is 0 Å². The number of carbonyl (C=O) groups excluding carboxylic acids is 1. The SMILES string of the molecule is CCC(C)(F)OC(C)(F)C(C)(C)C(=O)OC. The minimum absolute atomic E-state index is 0.0102. The summed E-state index contributed by atoms with van der Waals surface area (Å²) >= 11 is 0. The largest absolute Gasteiger partial charge is 0.468 e. The van der Waals surface area contributed by atoms with E-state index in [1.807, 2.05) is 0 Å². The van der Waals surface area contributed by atoms with Crippen LogP contribution in [0, 0.1) is 5.41 Å². The lowest BCUT2D eigenvalue weighted by atomic mass is 9.85. The molecule has 0 bridgehead atoms. The Bertz CT molecular complexity index is 260. The molecule has 2 atom stereocenters. The summed E-state index contributed by atoms with van der Waals surface area (Å²) in [5.74, 6) is -5.35. The standard InChI is InChI=1S/C11H20F2O3/c1-7-10(4,12)16-11(5,13)9(2,3)8(14)15-6/h7H2,1-6H3. The van der Waals surface area contributed by atoms with Gasteiger partial charge in [0.05, 0.1) is 7.11 Å². The average Bonchev–Trinajstić information content (AvgIpc) is 2.14. The van der Waals surface area contributed by atoms with Crippen molar-refractivity contribution in [1.29, 1.82) is 0 Å². The second kappa shape index (κ2) is 4.65. The molecular weight excluding hydrogens is 218 g/mol. The molecule has 0 saturated carbocycles. The second-order valence-electron chi connectivity index (χ2n) is 4.59. The Labute approximate surface area is 95.1 Å². The number of rotatable bonds is 5. The van der Waals surface area contributed by atoms with Gasteiger partial charge in [0, 0.05) is 6.42 Å². The van der Waals surface area contributed by atoms with Crippen molar-refractivity contribution in [2.24, 2.45) is 5.41 Å². The lowest BCUT2D eigenvalue weighted by Crippen LogP contribution is -2.50. The third kappa shape index (κ3) is 3.14. The van der Waals surface area contributed by atoms with Gasteiger partial charge in [-0.05, 0) is 27.7 Å². The Morgan fingerprint density at radius 1 is 1.19 bits per heavy atom. The minimum Gasteiger partial charge on any atom is -0.468 e. The van der Waals surface area contributed by atoms with Gasteiger partial charge in [0.1, 0.15) is 5.41 Å². The minimum atomic E-state index is -2.44. The van der Waals surface area contributed by atoms with E-state index >= 15 is 0 Å². The van der Waals surface area contributed by atoms with E-state index in [0.717, 1.165) is 21.0 Å². The number of ether oxygens (including phenoxy) is 2. The number of alkyl halides is 2. The molecule has 0 aromatic carbocycles. The van der Waals surface area contributed by atoms with Crippen molar-refractivity contribution in [3.63, 3.8) is 0 Å². The van der Waals surface area contributed by atoms with E-state index in [0.29, 0.717) is 0 Å². The van der Waals surface area contributed by atoms with Gasteiger partial charge in [0.2, 0.25) is 11.7 Å². The summed E-state index contributed by atoms with van der Waals surface area (Å²) in [6.07, 6.45) is -0.0102. The van der Waals surface area contributed by atoms with Gasteiger partial charge in [-0.25, -0.2) is 8.78 Å². The van der Waals surface area contributed by atoms with Crippen LogP contribution in [-0.2, 0) is 14.3 Å². The zero-order valence-corrected chi connectivity index (χ0v) is 10.7. The maximum absolute atomic E-state index is 14.2. The molecule has 16 heavy (non-hydrogen) atoms. The van der Waals surface area contributed by atoms with Gasteiger partial charge in [-0.1, -0.05) is 6.92 Å². The van der Waals surface area contributed by atoms with Crippen molar-refractivity contribution in [3.8, 4) is 0 Å². The summed E-state index contributed by atoms with van der Waals surface area (Å²) in [7, 11) is 1.15. The number of hydrogen-bond donors (Lipinski definition) is 0. The van der Waals surface area contributed by atoms with Crippen LogP contribution in [0.1, 0.15) is 41.0 Å². The maximum atomic E-state index is 14.2. The van der Waals surface area contributed by atoms with E-state index in [2.05, 4.69) is 4.74 Å². The first kappa shape index (κ1) is 15.3. The Balaban J connectivity index is 4.98. The van der Waals surface area contributed by atoms with Crippen molar-refractivity contribution >= 4 is 5.97 Å². The molecule has 0 fully saturated rings. The van der Waals surface area contributed by atoms with Crippen molar-refractivity contribution in [2.75, 3.05) is 7.11 Å². The zero-order valence-electron chi connectivity index (χ0n) is 10.7. The topological polar surface area (TPSA) is 35.5 Å². The van der Waals surface area contributed by atoms with Crippen LogP contribution in [-0.4, -0.2) is 24.8 Å². The summed E-state index contributed by atoms with van der Waals surface area (Å²) in [6.45, 7) is 6.30. The van der Waals surface area contributed by atoms with E-state index in [1.165, 1.54) is 20.8 Å². The molecule has 0 aromatic heterocycles. The highest BCUT2D eigenvalue weighted by Crippen LogP contribution is 2.40. The van der Waals surface area contributed by atoms with Crippen molar-refractivity contribution in [3.05, 3.63) is 0 Å². The molecule has 0 heterocycles. The van der Waals surface area contributed by atoms with E-state index < -0.39 is 23.1 Å². The summed E-state index contributed by atoms with van der Waals surface area (Å²) in [4.78, 5) is 11.4. The van der Waals surface area contributed by atoms with Crippen LogP contribution < -0.4 is 0 Å². The third-order valence-electron chi connectivity index (χ3n) is 2.85. The van der Waals surface area contributed by atoms with Crippen LogP contribution in [0.2, 0.25) is 0 Å². The van der Waals surface area contributed by atoms with Crippen LogP contribution in [0.5, 0.6) is 0 Å². The molecular formula is C11H20F2O3. The monoisotopic (exact) mass is 238 g/mol. The highest BCUT2D eigenvalue weighted by molar-refractivity contribution is 5.77. The number of carbonyl (C=O) groups is 1. The summed E-state index contributed by atoms with van der Waals surface area (Å²) < 4.78 is 37.0. The number of hydrogen-bond acceptors (Lipinski definition) is 3. The fourth-order valence-corrected chi connectivity index (χ4v) is 1.04. The van der Waals surface area contributed by atoms with Gasteiger partial charge in [-0.15, -0.1) is 0 Å². The number of halogens is 2. The molecule has 0 N–H and O–H groups in total. The predicted molar refractivity (Wildman–Crippen MR) is 56.2 cm³/mol. The Hall–Kier alpha value is -0.710. The molecule has 0 aliphatic rings. The van der Waals surface area contributed by atoms with Crippen molar-refractivity contribution < 1.29 is 23.0 Å². The maximum Gasteiger partial charge on any atom is 0.317 e. The Kier molecular flexibility index (Phi) is 4.45. The van der Waals surface area contributed by atoms with Gasteiger partial charge < -0.3 is 9.47 Å². The molecule has 0 rings (SSSR count). The predicted octanol–water partition coefficient (Wildman–Crippen LogP) is 2.98. The smallest absolute Gasteiger partial charge is 0.317 e. The molecule has 0 aromatic rings. The van der Waals surface area contributed by atoms with E-state index in [4.69, 9.17) is 4.74 Å². The van der Waals surface area contributed by atoms with E-state index in [9.17, 15) is 13.6 Å². The van der Waals surface area contributed by atoms with Gasteiger partial charge in [-0.3, -0.25) is 4.79 Å². The highest BCUT2D eigenvalue weighted by atomic mass is 19.2. The van der Waals surface area contributed by atoms with Crippen LogP contribution in [0.15, 0.2) is 0 Å². The van der Waals surface area contributed by atoms with Gasteiger partial charge in [0.15, 0.2) is 0 Å². The fraction of sp³-hybridized carbons (Fsp3) is 0.909. The Morgan fingerprint density at radius 3 is 1.94 bits per heavy atom. The molecule has 0 amide bonds. The van der Waals surface area contributed by atoms with Gasteiger partial charge >= 0.3 is 5.97 Å². The first-order valence-corrected chi connectivity index (χ1v) is 5.16. The van der Waals surface area contributed by atoms with Crippen molar-refractivity contribution in [1.82, 2.24) is 0 Å². The van der Waals surface area contributed by atoms with E-state index in [1.54, 1.807) is 0 Å². The molecule has 3 nitrogen and oxygen atoms in total. The van der Waals surface area contributed by atoms with E-state index in [-0.39, 0.29) is 6.42 Å². The average molecular weight is 238 g/mol. The quantitative estimate of drug-likeness (QED) is 0.691. The summed E-state index contributed by atoms with van der Waals surface area (Å²) in [5.41, 5.74) is -1.58. The van der Waals surface area contributed by atoms with Crippen molar-refractivity contribution in [2.45, 2.75) is 52.7 Å². The first-order chi connectivity index (χ1) is 7.00. The third-order valence-corrected chi connectivity index (χ3v) is 2.85. The van der Waals surface area contributed by atoms with Crippen LogP contribution in [0.3, 0.4) is 0 Å². The zero-order chi connectivity index (χ0) is 13.2. The Morgan fingerprint density at radius 2 is 1.62 bits per heavy atom. The first-order valence-electron chi connectivity index (χ1n) is 5.16. The lowest BCUT2D eigenvalue weighted by Gasteiger charge is -2.38. The molecule has 0 spiro atoms. The van der Waals surface area contributed by atoms with Gasteiger partial charge in [0.25, 0.3) is 0 Å². The highest BCUT2D eigenvalue weighted by Gasteiger charge is 2.52. The molecule has 0 radical (unpaired) electrons. The lowest BCUT2D eigenvalue weighted by molar-refractivity contribution is -0.296. The fourth-order valence-electron chi connectivity index (χ4n) is 1.04. The molecule has 2 unspecified atom stereocenters. The summed E-state index contributed by atoms with van der Waals surface area (Å²) in [6, 6.07) is 0. The molecule has 5 heteroatoms. The second-order valence-corrected chi connectivity index (χ2v) is 4.59. The molecule has 0 saturated heterocycles. The number of esters is 1. The molecule has 96 valence electrons. The molecule has 0 aliphatic heterocycles. The van der Waals surface area contributed by atoms with Crippen LogP contribution >= 0.6 is 0 Å². The van der Waals surface area contributed by atoms with Gasteiger partial charge in [-0.2, -0.15) is 0 Å².